The van der Waals surface area contributed by atoms with Gasteiger partial charge in [0, 0.05) is 34.9 Å². The monoisotopic (exact) mass is 467 g/mol. The van der Waals surface area contributed by atoms with E-state index in [0.717, 1.165) is 19.1 Å². The van der Waals surface area contributed by atoms with Crippen LogP contribution in [0.15, 0.2) is 29.7 Å². The summed E-state index contributed by atoms with van der Waals surface area (Å²) >= 11 is 12.2. The number of benzene rings is 1. The third-order valence-corrected chi connectivity index (χ3v) is 6.65. The first-order valence-electron chi connectivity index (χ1n) is 11.1. The second-order valence-corrected chi connectivity index (χ2v) is 9.60. The van der Waals surface area contributed by atoms with Gasteiger partial charge in [0.05, 0.1) is 0 Å². The van der Waals surface area contributed by atoms with Crippen LogP contribution in [0.25, 0.3) is 0 Å². The maximum Gasteiger partial charge on any atom is 0.258 e. The molecule has 0 radical (unpaired) electrons. The van der Waals surface area contributed by atoms with Crippen LogP contribution in [0.5, 0.6) is 0 Å². The first kappa shape index (κ1) is 25.5. The fraction of sp³-hybridized carbons (Fsp3) is 0.583. The molecule has 0 spiro atoms. The summed E-state index contributed by atoms with van der Waals surface area (Å²) in [5.41, 5.74) is 0.873. The molecule has 0 aliphatic heterocycles. The molecule has 7 heteroatoms. The van der Waals surface area contributed by atoms with Crippen LogP contribution in [0.2, 0.25) is 10.0 Å². The fourth-order valence-corrected chi connectivity index (χ4v) is 4.74. The van der Waals surface area contributed by atoms with Crippen LogP contribution in [0.3, 0.4) is 0 Å². The van der Waals surface area contributed by atoms with E-state index in [1.807, 2.05) is 0 Å². The number of rotatable bonds is 10. The normalized spacial score (nSPS) is 22.8. The van der Waals surface area contributed by atoms with E-state index in [4.69, 9.17) is 33.3 Å². The highest BCUT2D eigenvalue weighted by Crippen LogP contribution is 2.34. The zero-order valence-corrected chi connectivity index (χ0v) is 20.4. The first-order valence-corrected chi connectivity index (χ1v) is 11.8. The van der Waals surface area contributed by atoms with E-state index >= 15 is 0 Å². The van der Waals surface area contributed by atoms with Crippen LogP contribution >= 0.6 is 23.2 Å². The third-order valence-electron chi connectivity index (χ3n) is 6.05. The van der Waals surface area contributed by atoms with Crippen LogP contribution in [-0.4, -0.2) is 25.2 Å². The maximum atomic E-state index is 13.0. The molecule has 0 bridgehead atoms. The lowest BCUT2D eigenvalue weighted by molar-refractivity contribution is -0.118. The van der Waals surface area contributed by atoms with Crippen molar-refractivity contribution >= 4 is 35.3 Å². The summed E-state index contributed by atoms with van der Waals surface area (Å²) in [5, 5.41) is 14.9. The van der Waals surface area contributed by atoms with Crippen LogP contribution in [-0.2, 0) is 16.1 Å². The van der Waals surface area contributed by atoms with Gasteiger partial charge in [0.15, 0.2) is 0 Å². The third kappa shape index (κ3) is 7.73. The van der Waals surface area contributed by atoms with Gasteiger partial charge in [0.1, 0.15) is 12.2 Å². The van der Waals surface area contributed by atoms with Gasteiger partial charge in [-0.05, 0) is 61.6 Å². The molecule has 2 rings (SSSR count). The van der Waals surface area contributed by atoms with Crippen molar-refractivity contribution in [2.24, 2.45) is 17.8 Å². The number of carbonyl (C=O) groups excluding carboxylic acids is 1. The summed E-state index contributed by atoms with van der Waals surface area (Å²) in [6.45, 7) is 6.92. The molecule has 4 atom stereocenters. The Balaban J connectivity index is 2.07. The highest BCUT2D eigenvalue weighted by molar-refractivity contribution is 6.33. The largest absolute Gasteiger partial charge is 0.474 e. The molecular weight excluding hydrogens is 433 g/mol. The predicted molar refractivity (Wildman–Crippen MR) is 129 cm³/mol. The molecule has 1 fully saturated rings. The summed E-state index contributed by atoms with van der Waals surface area (Å²) in [6, 6.07) is 5.25. The maximum absolute atomic E-state index is 13.0. The van der Waals surface area contributed by atoms with Gasteiger partial charge in [-0.25, -0.2) is 0 Å². The number of amides is 1. The van der Waals surface area contributed by atoms with E-state index in [1.165, 1.54) is 19.3 Å². The molecule has 31 heavy (non-hydrogen) atoms. The summed E-state index contributed by atoms with van der Waals surface area (Å²) < 4.78 is 5.80. The standard InChI is InChI=1S/C24H35Cl2N3O2/c1-5-15(2)8-17-9-16(3)10-20(11-17)29-23(30)21(13-27)24(28-4)31-14-18-12-19(25)6-7-22(18)26/h6-7,12-13,15-17,20,27-28H,5,8-11,14H2,1-4H3,(H,29,30)/b24-21-,27-13?. The predicted octanol–water partition coefficient (Wildman–Crippen LogP) is 5.95. The Bertz CT molecular complexity index is 797. The average Bonchev–Trinajstić information content (AvgIpc) is 2.72. The topological polar surface area (TPSA) is 74.2 Å². The lowest BCUT2D eigenvalue weighted by Gasteiger charge is -2.35. The van der Waals surface area contributed by atoms with Crippen molar-refractivity contribution < 1.29 is 9.53 Å². The molecule has 0 heterocycles. The first-order chi connectivity index (χ1) is 14.8. The Hall–Kier alpha value is -1.72. The molecule has 172 valence electrons. The summed E-state index contributed by atoms with van der Waals surface area (Å²) in [5.74, 6) is 1.85. The Labute approximate surface area is 196 Å². The Morgan fingerprint density at radius 3 is 2.71 bits per heavy atom. The summed E-state index contributed by atoms with van der Waals surface area (Å²) in [4.78, 5) is 13.0. The number of ether oxygens (including phenoxy) is 1. The molecule has 1 aromatic carbocycles. The van der Waals surface area contributed by atoms with Crippen LogP contribution in [0, 0.1) is 23.2 Å². The van der Waals surface area contributed by atoms with Crippen molar-refractivity contribution in [3.63, 3.8) is 0 Å². The molecule has 0 saturated heterocycles. The number of hydrogen-bond acceptors (Lipinski definition) is 4. The molecule has 4 unspecified atom stereocenters. The Morgan fingerprint density at radius 1 is 1.32 bits per heavy atom. The molecule has 1 aromatic rings. The number of nitrogens with one attached hydrogen (secondary N) is 3. The number of halogens is 2. The van der Waals surface area contributed by atoms with Gasteiger partial charge in [-0.15, -0.1) is 0 Å². The van der Waals surface area contributed by atoms with Crippen molar-refractivity contribution in [3.05, 3.63) is 45.3 Å². The molecular formula is C24H35Cl2N3O2. The van der Waals surface area contributed by atoms with E-state index in [9.17, 15) is 4.79 Å². The second kappa shape index (κ2) is 12.4. The van der Waals surface area contributed by atoms with E-state index in [-0.39, 0.29) is 30.0 Å². The van der Waals surface area contributed by atoms with Gasteiger partial charge < -0.3 is 20.8 Å². The smallest absolute Gasteiger partial charge is 0.258 e. The average molecular weight is 468 g/mol. The SMILES string of the molecule is CCC(C)CC1CC(C)CC(NC(=O)/C(C=N)=C(/NC)OCc2cc(Cl)ccc2Cl)C1. The van der Waals surface area contributed by atoms with Gasteiger partial charge in [0.2, 0.25) is 5.88 Å². The van der Waals surface area contributed by atoms with Crippen molar-refractivity contribution in [3.8, 4) is 0 Å². The fourth-order valence-electron chi connectivity index (χ4n) is 4.38. The molecule has 1 saturated carbocycles. The van der Waals surface area contributed by atoms with Crippen molar-refractivity contribution in [1.29, 1.82) is 5.41 Å². The van der Waals surface area contributed by atoms with Gasteiger partial charge >= 0.3 is 0 Å². The zero-order valence-electron chi connectivity index (χ0n) is 18.9. The zero-order chi connectivity index (χ0) is 23.0. The number of carbonyl (C=O) groups is 1. The van der Waals surface area contributed by atoms with Crippen molar-refractivity contribution in [1.82, 2.24) is 10.6 Å². The van der Waals surface area contributed by atoms with Gasteiger partial charge in [0.25, 0.3) is 5.91 Å². The molecule has 1 aliphatic rings. The second-order valence-electron chi connectivity index (χ2n) is 8.76. The van der Waals surface area contributed by atoms with E-state index in [0.29, 0.717) is 33.4 Å². The highest BCUT2D eigenvalue weighted by Gasteiger charge is 2.29. The molecule has 0 aromatic heterocycles. The molecule has 1 aliphatic carbocycles. The summed E-state index contributed by atoms with van der Waals surface area (Å²) in [6.07, 6.45) is 6.58. The minimum Gasteiger partial charge on any atom is -0.474 e. The van der Waals surface area contributed by atoms with E-state index in [1.54, 1.807) is 25.2 Å². The van der Waals surface area contributed by atoms with Crippen molar-refractivity contribution in [2.45, 2.75) is 65.5 Å². The summed E-state index contributed by atoms with van der Waals surface area (Å²) in [7, 11) is 1.66. The number of hydrogen-bond donors (Lipinski definition) is 3. The Kier molecular flexibility index (Phi) is 10.2. The van der Waals surface area contributed by atoms with Crippen LogP contribution < -0.4 is 10.6 Å². The minimum absolute atomic E-state index is 0.112. The molecule has 1 amide bonds. The quantitative estimate of drug-likeness (QED) is 0.226. The lowest BCUT2D eigenvalue weighted by atomic mass is 9.75. The van der Waals surface area contributed by atoms with E-state index in [2.05, 4.69) is 31.4 Å². The van der Waals surface area contributed by atoms with Gasteiger partial charge in [-0.3, -0.25) is 4.79 Å². The minimum atomic E-state index is -0.294. The molecule has 3 N–H and O–H groups in total. The highest BCUT2D eigenvalue weighted by atomic mass is 35.5. The van der Waals surface area contributed by atoms with Gasteiger partial charge in [-0.1, -0.05) is 50.4 Å². The van der Waals surface area contributed by atoms with Gasteiger partial charge in [-0.2, -0.15) is 0 Å². The Morgan fingerprint density at radius 2 is 2.06 bits per heavy atom. The van der Waals surface area contributed by atoms with Crippen LogP contribution in [0.1, 0.15) is 58.4 Å². The molecule has 5 nitrogen and oxygen atoms in total. The van der Waals surface area contributed by atoms with Crippen molar-refractivity contribution in [2.75, 3.05) is 7.05 Å². The lowest BCUT2D eigenvalue weighted by Crippen LogP contribution is -2.42. The van der Waals surface area contributed by atoms with Crippen LogP contribution in [0.4, 0.5) is 0 Å². The van der Waals surface area contributed by atoms with E-state index < -0.39 is 0 Å².